The van der Waals surface area contributed by atoms with Crippen LogP contribution in [0.2, 0.25) is 0 Å². The van der Waals surface area contributed by atoms with Crippen LogP contribution in [0.25, 0.3) is 11.2 Å². The number of aromatic amines is 1. The highest BCUT2D eigenvalue weighted by Gasteiger charge is 2.18. The first-order valence-corrected chi connectivity index (χ1v) is 6.79. The smallest absolute Gasteiger partial charge is 0.226 e. The largest absolute Gasteiger partial charge is 0.363 e. The molecule has 0 radical (unpaired) electrons. The summed E-state index contributed by atoms with van der Waals surface area (Å²) in [6, 6.07) is 0. The fourth-order valence-electron chi connectivity index (χ4n) is 1.65. The number of H-pyrrole nitrogens is 1. The average molecular weight is 262 g/mol. The minimum absolute atomic E-state index is 0.0194. The quantitative estimate of drug-likeness (QED) is 0.746. The molecule has 0 aliphatic carbocycles. The Kier molecular flexibility index (Phi) is 3.87. The summed E-state index contributed by atoms with van der Waals surface area (Å²) in [6.45, 7) is 9.41. The highest BCUT2D eigenvalue weighted by Crippen LogP contribution is 2.23. The van der Waals surface area contributed by atoms with Gasteiger partial charge >= 0.3 is 0 Å². The van der Waals surface area contributed by atoms with Crippen LogP contribution in [-0.2, 0) is 0 Å². The van der Waals surface area contributed by atoms with Gasteiger partial charge in [0.15, 0.2) is 11.5 Å². The number of anilines is 2. The molecule has 2 rings (SSSR count). The third-order valence-corrected chi connectivity index (χ3v) is 3.16. The Morgan fingerprint density at radius 3 is 2.74 bits per heavy atom. The number of nitrogens with one attached hydrogen (secondary N) is 3. The first kappa shape index (κ1) is 13.6. The third-order valence-electron chi connectivity index (χ3n) is 3.16. The van der Waals surface area contributed by atoms with Gasteiger partial charge in [-0.3, -0.25) is 0 Å². The Morgan fingerprint density at radius 2 is 2.05 bits per heavy atom. The van der Waals surface area contributed by atoms with E-state index in [0.29, 0.717) is 11.6 Å². The molecule has 6 nitrogen and oxygen atoms in total. The van der Waals surface area contributed by atoms with Crippen molar-refractivity contribution in [3.8, 4) is 0 Å². The molecule has 0 aromatic carbocycles. The third kappa shape index (κ3) is 3.13. The molecular formula is C13H22N6. The van der Waals surface area contributed by atoms with E-state index in [0.717, 1.165) is 30.7 Å². The van der Waals surface area contributed by atoms with E-state index in [1.54, 1.807) is 6.33 Å². The van der Waals surface area contributed by atoms with E-state index >= 15 is 0 Å². The molecule has 3 N–H and O–H groups in total. The number of hydrogen-bond donors (Lipinski definition) is 3. The highest BCUT2D eigenvalue weighted by atomic mass is 15.2. The summed E-state index contributed by atoms with van der Waals surface area (Å²) >= 11 is 0. The van der Waals surface area contributed by atoms with Crippen LogP contribution in [0.3, 0.4) is 0 Å². The summed E-state index contributed by atoms with van der Waals surface area (Å²) in [5.41, 5.74) is 1.51. The van der Waals surface area contributed by atoms with Gasteiger partial charge in [-0.1, -0.05) is 13.8 Å². The molecule has 6 heteroatoms. The predicted molar refractivity (Wildman–Crippen MR) is 78.5 cm³/mol. The zero-order valence-electron chi connectivity index (χ0n) is 12.0. The summed E-state index contributed by atoms with van der Waals surface area (Å²) in [4.78, 5) is 16.2. The summed E-state index contributed by atoms with van der Waals surface area (Å²) in [6.07, 6.45) is 3.68. The maximum atomic E-state index is 4.54. The summed E-state index contributed by atoms with van der Waals surface area (Å²) in [5, 5.41) is 6.66. The number of fused-ring (bicyclic) bond motifs is 1. The molecule has 0 spiro atoms. The van der Waals surface area contributed by atoms with Crippen molar-refractivity contribution in [3.05, 3.63) is 6.33 Å². The van der Waals surface area contributed by atoms with Crippen molar-refractivity contribution >= 4 is 22.9 Å². The minimum Gasteiger partial charge on any atom is -0.363 e. The van der Waals surface area contributed by atoms with E-state index in [1.807, 2.05) is 0 Å². The molecule has 104 valence electrons. The fourth-order valence-corrected chi connectivity index (χ4v) is 1.65. The number of hydrogen-bond acceptors (Lipinski definition) is 5. The molecule has 0 atom stereocenters. The normalized spacial score (nSPS) is 11.8. The van der Waals surface area contributed by atoms with Crippen LogP contribution in [0.5, 0.6) is 0 Å². The van der Waals surface area contributed by atoms with Crippen LogP contribution in [-0.4, -0.2) is 32.0 Å². The van der Waals surface area contributed by atoms with Crippen molar-refractivity contribution in [2.75, 3.05) is 17.2 Å². The lowest BCUT2D eigenvalue weighted by atomic mass is 10.0. The summed E-state index contributed by atoms with van der Waals surface area (Å²) < 4.78 is 0. The standard InChI is InChI=1S/C13H22N6/c1-5-7-14-12-17-10-9(15-8-16-10)11(18-12)19-13(3,4)6-2/h8H,5-7H2,1-4H3,(H3,14,15,16,17,18,19). The Bertz CT molecular complexity index is 545. The first-order chi connectivity index (χ1) is 9.05. The molecule has 0 unspecified atom stereocenters. The molecule has 0 saturated heterocycles. The van der Waals surface area contributed by atoms with Gasteiger partial charge in [0, 0.05) is 12.1 Å². The summed E-state index contributed by atoms with van der Waals surface area (Å²) in [7, 11) is 0. The van der Waals surface area contributed by atoms with E-state index in [2.05, 4.69) is 58.3 Å². The molecule has 2 heterocycles. The SMILES string of the molecule is CCCNc1nc(NC(C)(C)CC)c2[nH]cnc2n1. The Labute approximate surface area is 113 Å². The zero-order chi connectivity index (χ0) is 13.9. The summed E-state index contributed by atoms with van der Waals surface area (Å²) in [5.74, 6) is 1.42. The monoisotopic (exact) mass is 262 g/mol. The second-order valence-electron chi connectivity index (χ2n) is 5.29. The molecule has 2 aromatic heterocycles. The van der Waals surface area contributed by atoms with Gasteiger partial charge < -0.3 is 15.6 Å². The van der Waals surface area contributed by atoms with Crippen LogP contribution in [0.4, 0.5) is 11.8 Å². The van der Waals surface area contributed by atoms with Crippen LogP contribution in [0.15, 0.2) is 6.33 Å². The minimum atomic E-state index is -0.0194. The van der Waals surface area contributed by atoms with Crippen LogP contribution < -0.4 is 10.6 Å². The van der Waals surface area contributed by atoms with Gasteiger partial charge in [-0.25, -0.2) is 4.98 Å². The van der Waals surface area contributed by atoms with Crippen molar-refractivity contribution in [2.45, 2.75) is 46.1 Å². The molecule has 19 heavy (non-hydrogen) atoms. The van der Waals surface area contributed by atoms with Crippen molar-refractivity contribution in [3.63, 3.8) is 0 Å². The lowest BCUT2D eigenvalue weighted by Gasteiger charge is -2.25. The van der Waals surface area contributed by atoms with E-state index in [4.69, 9.17) is 0 Å². The first-order valence-electron chi connectivity index (χ1n) is 6.79. The lowest BCUT2D eigenvalue weighted by molar-refractivity contribution is 0.545. The average Bonchev–Trinajstić information content (AvgIpc) is 2.84. The van der Waals surface area contributed by atoms with Crippen molar-refractivity contribution in [1.82, 2.24) is 19.9 Å². The second-order valence-corrected chi connectivity index (χ2v) is 5.29. The van der Waals surface area contributed by atoms with Gasteiger partial charge in [-0.15, -0.1) is 0 Å². The molecule has 0 amide bonds. The van der Waals surface area contributed by atoms with Crippen molar-refractivity contribution in [1.29, 1.82) is 0 Å². The Hall–Kier alpha value is -1.85. The van der Waals surface area contributed by atoms with E-state index in [1.165, 1.54) is 0 Å². The molecule has 0 saturated carbocycles. The van der Waals surface area contributed by atoms with Crippen LogP contribution in [0.1, 0.15) is 40.5 Å². The number of aromatic nitrogens is 4. The number of nitrogens with zero attached hydrogens (tertiary/aromatic N) is 3. The number of rotatable bonds is 6. The van der Waals surface area contributed by atoms with Crippen LogP contribution in [0, 0.1) is 0 Å². The zero-order valence-corrected chi connectivity index (χ0v) is 12.0. The molecule has 2 aromatic rings. The van der Waals surface area contributed by atoms with E-state index in [-0.39, 0.29) is 5.54 Å². The topological polar surface area (TPSA) is 78.5 Å². The van der Waals surface area contributed by atoms with Gasteiger partial charge in [0.2, 0.25) is 5.95 Å². The van der Waals surface area contributed by atoms with Gasteiger partial charge in [-0.05, 0) is 26.7 Å². The van der Waals surface area contributed by atoms with Gasteiger partial charge in [0.25, 0.3) is 0 Å². The van der Waals surface area contributed by atoms with Gasteiger partial charge in [-0.2, -0.15) is 9.97 Å². The van der Waals surface area contributed by atoms with Gasteiger partial charge in [0.05, 0.1) is 6.33 Å². The molecule has 0 fully saturated rings. The maximum Gasteiger partial charge on any atom is 0.226 e. The van der Waals surface area contributed by atoms with Crippen molar-refractivity contribution < 1.29 is 0 Å². The van der Waals surface area contributed by atoms with E-state index in [9.17, 15) is 0 Å². The maximum absolute atomic E-state index is 4.54. The van der Waals surface area contributed by atoms with Crippen LogP contribution >= 0.6 is 0 Å². The molecule has 0 aliphatic heterocycles. The van der Waals surface area contributed by atoms with Crippen molar-refractivity contribution in [2.24, 2.45) is 0 Å². The Morgan fingerprint density at radius 1 is 1.26 bits per heavy atom. The van der Waals surface area contributed by atoms with E-state index < -0.39 is 0 Å². The van der Waals surface area contributed by atoms with Gasteiger partial charge in [0.1, 0.15) is 5.52 Å². The molecular weight excluding hydrogens is 240 g/mol. The fraction of sp³-hybridized carbons (Fsp3) is 0.615. The highest BCUT2D eigenvalue weighted by molar-refractivity contribution is 5.84. The molecule has 0 aliphatic rings. The predicted octanol–water partition coefficient (Wildman–Crippen LogP) is 2.78. The molecule has 0 bridgehead atoms. The second kappa shape index (κ2) is 5.42. The Balaban J connectivity index is 2.36. The lowest BCUT2D eigenvalue weighted by Crippen LogP contribution is -2.30. The number of imidazole rings is 1.